The van der Waals surface area contributed by atoms with Gasteiger partial charge in [0.1, 0.15) is 6.10 Å². The summed E-state index contributed by atoms with van der Waals surface area (Å²) in [5.74, 6) is 2.92. The van der Waals surface area contributed by atoms with Crippen molar-refractivity contribution in [1.82, 2.24) is 0 Å². The van der Waals surface area contributed by atoms with E-state index in [1.54, 1.807) is 0 Å². The van der Waals surface area contributed by atoms with Crippen LogP contribution >= 0.6 is 0 Å². The third-order valence-corrected chi connectivity index (χ3v) is 11.6. The van der Waals surface area contributed by atoms with Gasteiger partial charge in [0.2, 0.25) is 0 Å². The minimum Gasteiger partial charge on any atom is -0.469 e. The molecule has 0 amide bonds. The Morgan fingerprint density at radius 3 is 2.38 bits per heavy atom. The first-order chi connectivity index (χ1) is 16.0. The van der Waals surface area contributed by atoms with Crippen molar-refractivity contribution in [1.29, 1.82) is 0 Å². The molecule has 0 saturated heterocycles. The van der Waals surface area contributed by atoms with Gasteiger partial charge in [-0.2, -0.15) is 0 Å². The summed E-state index contributed by atoms with van der Waals surface area (Å²) >= 11 is 0. The highest BCUT2D eigenvalue weighted by molar-refractivity contribution is 5.69. The number of esters is 2. The number of carbonyl (C=O) groups excluding carboxylic acids is 2. The maximum Gasteiger partial charge on any atom is 0.305 e. The Morgan fingerprint density at radius 2 is 1.74 bits per heavy atom. The molecule has 5 heteroatoms. The molecule has 5 nitrogen and oxygen atoms in total. The Kier molecular flexibility index (Phi) is 7.19. The molecule has 0 aromatic carbocycles. The molecule has 1 unspecified atom stereocenters. The van der Waals surface area contributed by atoms with Gasteiger partial charge in [-0.15, -0.1) is 0 Å². The molecule has 0 heterocycles. The lowest BCUT2D eigenvalue weighted by molar-refractivity contribution is -0.220. The van der Waals surface area contributed by atoms with Crippen molar-refractivity contribution < 1.29 is 24.2 Å². The summed E-state index contributed by atoms with van der Waals surface area (Å²) < 4.78 is 10.5. The van der Waals surface area contributed by atoms with Crippen molar-refractivity contribution in [2.24, 2.45) is 46.3 Å². The largest absolute Gasteiger partial charge is 0.469 e. The highest BCUT2D eigenvalue weighted by Crippen LogP contribution is 2.70. The first-order valence-electron chi connectivity index (χ1n) is 13.9. The summed E-state index contributed by atoms with van der Waals surface area (Å²) in [5.41, 5.74) is -0.273. The molecule has 0 bridgehead atoms. The zero-order valence-electron chi connectivity index (χ0n) is 22.4. The zero-order chi connectivity index (χ0) is 24.9. The van der Waals surface area contributed by atoms with E-state index in [1.807, 2.05) is 0 Å². The monoisotopic (exact) mass is 476 g/mol. The average Bonchev–Trinajstić information content (AvgIpc) is 3.15. The fourth-order valence-electron chi connectivity index (χ4n) is 9.87. The van der Waals surface area contributed by atoms with E-state index >= 15 is 0 Å². The molecule has 0 radical (unpaired) electrons. The summed E-state index contributed by atoms with van der Waals surface area (Å²) in [6.45, 7) is 11.0. The summed E-state index contributed by atoms with van der Waals surface area (Å²) in [7, 11) is 1.48. The van der Waals surface area contributed by atoms with E-state index in [0.717, 1.165) is 38.5 Å². The van der Waals surface area contributed by atoms with E-state index in [0.29, 0.717) is 41.4 Å². The standard InChI is InChI=1S/C29H48O5/c1-7-29(32)17-21-23-10-9-22(18(2)8-11-26(31)33-6)27(23,4)15-13-24(21)28(5)14-12-20(16-25(28)29)34-19(3)30/h18,20-25,32H,7-17H2,1-6H3/t18-,20-,21+,22-,23+,24+,25-,27-,28-,29?/m1/s1. The van der Waals surface area contributed by atoms with Gasteiger partial charge >= 0.3 is 11.9 Å². The lowest BCUT2D eigenvalue weighted by Crippen LogP contribution is -2.63. The molecule has 0 aromatic rings. The number of carbonyl (C=O) groups is 2. The van der Waals surface area contributed by atoms with Crippen LogP contribution in [0.4, 0.5) is 0 Å². The highest BCUT2D eigenvalue weighted by atomic mass is 16.5. The third-order valence-electron chi connectivity index (χ3n) is 11.6. The first kappa shape index (κ1) is 26.0. The number of hydrogen-bond acceptors (Lipinski definition) is 5. The molecule has 4 saturated carbocycles. The lowest BCUT2D eigenvalue weighted by atomic mass is 9.41. The van der Waals surface area contributed by atoms with Crippen molar-refractivity contribution in [2.45, 2.75) is 117 Å². The van der Waals surface area contributed by atoms with Crippen LogP contribution in [-0.2, 0) is 19.1 Å². The van der Waals surface area contributed by atoms with E-state index < -0.39 is 5.60 Å². The molecule has 4 fully saturated rings. The topological polar surface area (TPSA) is 72.8 Å². The Morgan fingerprint density at radius 1 is 1.06 bits per heavy atom. The van der Waals surface area contributed by atoms with Crippen LogP contribution in [0.1, 0.15) is 105 Å². The summed E-state index contributed by atoms with van der Waals surface area (Å²) in [5, 5.41) is 12.1. The fourth-order valence-corrected chi connectivity index (χ4v) is 9.87. The molecule has 4 rings (SSSR count). The van der Waals surface area contributed by atoms with Gasteiger partial charge in [0.25, 0.3) is 0 Å². The van der Waals surface area contributed by atoms with Gasteiger partial charge in [0.15, 0.2) is 0 Å². The number of rotatable bonds is 6. The van der Waals surface area contributed by atoms with Gasteiger partial charge in [-0.1, -0.05) is 27.7 Å². The van der Waals surface area contributed by atoms with E-state index in [-0.39, 0.29) is 29.4 Å². The smallest absolute Gasteiger partial charge is 0.305 e. The Balaban J connectivity index is 1.56. The third kappa shape index (κ3) is 4.22. The van der Waals surface area contributed by atoms with E-state index in [4.69, 9.17) is 9.47 Å². The number of ether oxygens (including phenoxy) is 2. The molecule has 4 aliphatic rings. The van der Waals surface area contributed by atoms with Crippen LogP contribution in [-0.4, -0.2) is 35.9 Å². The van der Waals surface area contributed by atoms with Crippen molar-refractivity contribution in [3.63, 3.8) is 0 Å². The van der Waals surface area contributed by atoms with Gasteiger partial charge in [-0.3, -0.25) is 9.59 Å². The Labute approximate surface area is 206 Å². The van der Waals surface area contributed by atoms with Crippen LogP contribution in [0.3, 0.4) is 0 Å². The van der Waals surface area contributed by atoms with E-state index in [9.17, 15) is 14.7 Å². The van der Waals surface area contributed by atoms with Crippen molar-refractivity contribution in [2.75, 3.05) is 7.11 Å². The van der Waals surface area contributed by atoms with Gasteiger partial charge < -0.3 is 14.6 Å². The normalized spacial score (nSPS) is 46.6. The van der Waals surface area contributed by atoms with Gasteiger partial charge in [0, 0.05) is 13.3 Å². The second-order valence-electron chi connectivity index (χ2n) is 12.9. The van der Waals surface area contributed by atoms with Gasteiger partial charge in [0.05, 0.1) is 12.7 Å². The molecule has 1 N–H and O–H groups in total. The first-order valence-corrected chi connectivity index (χ1v) is 13.9. The zero-order valence-corrected chi connectivity index (χ0v) is 22.4. The SMILES string of the molecule is CCC1(O)C[C@H]2[C@@H]3CC[C@H]([C@H](C)CCC(=O)OC)[C@@]3(C)CC[C@@H]2[C@@]2(C)CC[C@@H](OC(C)=O)C[C@@H]12. The molecule has 194 valence electrons. The lowest BCUT2D eigenvalue weighted by Gasteiger charge is -2.65. The highest BCUT2D eigenvalue weighted by Gasteiger charge is 2.65. The van der Waals surface area contributed by atoms with Crippen molar-refractivity contribution >= 4 is 11.9 Å². The molecule has 0 spiro atoms. The minimum atomic E-state index is -0.679. The van der Waals surface area contributed by atoms with Crippen LogP contribution in [0.2, 0.25) is 0 Å². The van der Waals surface area contributed by atoms with E-state index in [2.05, 4.69) is 27.7 Å². The number of hydrogen-bond donors (Lipinski definition) is 1. The van der Waals surface area contributed by atoms with Gasteiger partial charge in [-0.05, 0) is 111 Å². The maximum atomic E-state index is 12.1. The average molecular weight is 477 g/mol. The predicted octanol–water partition coefficient (Wildman–Crippen LogP) is 5.92. The van der Waals surface area contributed by atoms with Crippen LogP contribution in [0.5, 0.6) is 0 Å². The van der Waals surface area contributed by atoms with Crippen LogP contribution in [0, 0.1) is 46.3 Å². The Hall–Kier alpha value is -1.10. The van der Waals surface area contributed by atoms with Gasteiger partial charge in [-0.25, -0.2) is 0 Å². The van der Waals surface area contributed by atoms with E-state index in [1.165, 1.54) is 39.7 Å². The maximum absolute atomic E-state index is 12.1. The second-order valence-corrected chi connectivity index (χ2v) is 12.9. The summed E-state index contributed by atoms with van der Waals surface area (Å²) in [4.78, 5) is 23.4. The van der Waals surface area contributed by atoms with Crippen LogP contribution in [0.25, 0.3) is 0 Å². The Bertz CT molecular complexity index is 780. The number of methoxy groups -OCH3 is 1. The van der Waals surface area contributed by atoms with Crippen molar-refractivity contribution in [3.05, 3.63) is 0 Å². The number of aliphatic hydroxyl groups is 1. The summed E-state index contributed by atoms with van der Waals surface area (Å²) in [6.07, 6.45) is 10.8. The van der Waals surface area contributed by atoms with Crippen LogP contribution in [0.15, 0.2) is 0 Å². The number of fused-ring (bicyclic) bond motifs is 5. The molecular formula is C29H48O5. The molecular weight excluding hydrogens is 428 g/mol. The molecule has 4 aliphatic carbocycles. The quantitative estimate of drug-likeness (QED) is 0.482. The second kappa shape index (κ2) is 9.41. The van der Waals surface area contributed by atoms with Crippen molar-refractivity contribution in [3.8, 4) is 0 Å². The fraction of sp³-hybridized carbons (Fsp3) is 0.931. The summed E-state index contributed by atoms with van der Waals surface area (Å²) in [6, 6.07) is 0. The predicted molar refractivity (Wildman–Crippen MR) is 132 cm³/mol. The molecule has 10 atom stereocenters. The van der Waals surface area contributed by atoms with Crippen LogP contribution < -0.4 is 0 Å². The molecule has 0 aliphatic heterocycles. The minimum absolute atomic E-state index is 0.0504. The molecule has 0 aromatic heterocycles. The molecule has 34 heavy (non-hydrogen) atoms.